The zero-order valence-electron chi connectivity index (χ0n) is 16.0. The molecule has 0 atom stereocenters. The first kappa shape index (κ1) is 17.4. The highest BCUT2D eigenvalue weighted by atomic mass is 15.3. The predicted molar refractivity (Wildman–Crippen MR) is 112 cm³/mol. The molecule has 0 aromatic carbocycles. The van der Waals surface area contributed by atoms with Crippen molar-refractivity contribution in [2.24, 2.45) is 5.92 Å². The number of nitrogens with one attached hydrogen (secondary N) is 1. The maximum absolute atomic E-state index is 4.54. The third-order valence-electron chi connectivity index (χ3n) is 5.05. The number of hydrogen-bond acceptors (Lipinski definition) is 8. The molecule has 0 bridgehead atoms. The van der Waals surface area contributed by atoms with Crippen molar-refractivity contribution in [3.05, 3.63) is 60.8 Å². The Hall–Kier alpha value is -3.68. The van der Waals surface area contributed by atoms with Crippen LogP contribution >= 0.6 is 0 Å². The van der Waals surface area contributed by atoms with Crippen LogP contribution in [0.4, 0.5) is 11.6 Å². The van der Waals surface area contributed by atoms with Crippen LogP contribution in [0.5, 0.6) is 0 Å². The van der Waals surface area contributed by atoms with Gasteiger partial charge in [0.1, 0.15) is 11.6 Å². The Kier molecular flexibility index (Phi) is 4.44. The van der Waals surface area contributed by atoms with Crippen LogP contribution in [0.1, 0.15) is 5.82 Å². The molecule has 4 aromatic rings. The summed E-state index contributed by atoms with van der Waals surface area (Å²) in [5, 5.41) is 13.2. The Morgan fingerprint density at radius 2 is 1.86 bits per heavy atom. The summed E-state index contributed by atoms with van der Waals surface area (Å²) in [6.45, 7) is 4.62. The number of rotatable bonds is 5. The van der Waals surface area contributed by atoms with Crippen molar-refractivity contribution in [3.63, 3.8) is 0 Å². The molecule has 1 aliphatic heterocycles. The summed E-state index contributed by atoms with van der Waals surface area (Å²) < 4.78 is 0. The summed E-state index contributed by atoms with van der Waals surface area (Å²) in [6.07, 6.45) is 5.27. The van der Waals surface area contributed by atoms with Crippen LogP contribution in [0.15, 0.2) is 55.0 Å². The van der Waals surface area contributed by atoms with Crippen molar-refractivity contribution in [3.8, 4) is 11.3 Å². The van der Waals surface area contributed by atoms with E-state index in [0.717, 1.165) is 59.4 Å². The molecule has 144 valence electrons. The van der Waals surface area contributed by atoms with Crippen molar-refractivity contribution < 1.29 is 0 Å². The first-order chi connectivity index (χ1) is 14.3. The maximum atomic E-state index is 4.54. The summed E-state index contributed by atoms with van der Waals surface area (Å²) in [4.78, 5) is 19.5. The van der Waals surface area contributed by atoms with Gasteiger partial charge >= 0.3 is 0 Å². The average molecular weight is 384 g/mol. The smallest absolute Gasteiger partial charge is 0.164 e. The molecule has 0 saturated carbocycles. The minimum Gasteiger partial charge on any atom is -0.369 e. The van der Waals surface area contributed by atoms with Crippen LogP contribution < -0.4 is 10.2 Å². The molecular weight excluding hydrogens is 364 g/mol. The van der Waals surface area contributed by atoms with Gasteiger partial charge in [-0.25, -0.2) is 15.0 Å². The molecule has 0 aliphatic carbocycles. The number of hydrogen-bond donors (Lipinski definition) is 1. The second-order valence-corrected chi connectivity index (χ2v) is 7.16. The topological polar surface area (TPSA) is 92.6 Å². The van der Waals surface area contributed by atoms with Crippen LogP contribution in [-0.2, 0) is 0 Å². The SMILES string of the molecule is Cc1nc(NCC2CN(c3ccc(-c4ccncc4)nn3)C2)c2cccnc2n1. The second kappa shape index (κ2) is 7.38. The number of pyridine rings is 2. The van der Waals surface area contributed by atoms with E-state index < -0.39 is 0 Å². The van der Waals surface area contributed by atoms with E-state index in [4.69, 9.17) is 0 Å². The predicted octanol–water partition coefficient (Wildman–Crippen LogP) is 2.73. The summed E-state index contributed by atoms with van der Waals surface area (Å²) in [6, 6.07) is 11.8. The highest BCUT2D eigenvalue weighted by Gasteiger charge is 2.28. The van der Waals surface area contributed by atoms with Crippen molar-refractivity contribution in [2.45, 2.75) is 6.92 Å². The van der Waals surface area contributed by atoms with Crippen molar-refractivity contribution in [1.29, 1.82) is 0 Å². The average Bonchev–Trinajstić information content (AvgIpc) is 2.73. The van der Waals surface area contributed by atoms with Crippen LogP contribution in [-0.4, -0.2) is 49.8 Å². The lowest BCUT2D eigenvalue weighted by Gasteiger charge is -2.40. The van der Waals surface area contributed by atoms with Gasteiger partial charge in [0, 0.05) is 49.7 Å². The molecule has 0 spiro atoms. The van der Waals surface area contributed by atoms with E-state index in [1.165, 1.54) is 0 Å². The van der Waals surface area contributed by atoms with E-state index in [0.29, 0.717) is 5.92 Å². The number of fused-ring (bicyclic) bond motifs is 1. The fraction of sp³-hybridized carbons (Fsp3) is 0.238. The van der Waals surface area contributed by atoms with E-state index in [2.05, 4.69) is 40.3 Å². The van der Waals surface area contributed by atoms with E-state index in [1.54, 1.807) is 18.6 Å². The Morgan fingerprint density at radius 3 is 2.66 bits per heavy atom. The second-order valence-electron chi connectivity index (χ2n) is 7.16. The van der Waals surface area contributed by atoms with E-state index in [1.807, 2.05) is 43.3 Å². The summed E-state index contributed by atoms with van der Waals surface area (Å²) >= 11 is 0. The molecule has 29 heavy (non-hydrogen) atoms. The zero-order chi connectivity index (χ0) is 19.6. The molecule has 1 aliphatic rings. The lowest BCUT2D eigenvalue weighted by atomic mass is 10.00. The molecular formula is C21H20N8. The van der Waals surface area contributed by atoms with Crippen LogP contribution in [0.2, 0.25) is 0 Å². The molecule has 0 unspecified atom stereocenters. The maximum Gasteiger partial charge on any atom is 0.164 e. The summed E-state index contributed by atoms with van der Waals surface area (Å²) in [5.74, 6) is 3.00. The Balaban J connectivity index is 1.20. The standard InChI is InChI=1S/C21H20N8/c1-14-25-20-17(3-2-8-23-20)21(26-14)24-11-15-12-29(13-15)19-5-4-18(27-28-19)16-6-9-22-10-7-16/h2-10,15H,11-13H2,1H3,(H,23,24,25,26). The van der Waals surface area contributed by atoms with Crippen LogP contribution in [0, 0.1) is 12.8 Å². The third kappa shape index (κ3) is 3.56. The lowest BCUT2D eigenvalue weighted by molar-refractivity contribution is 0.425. The monoisotopic (exact) mass is 384 g/mol. The van der Waals surface area contributed by atoms with Crippen LogP contribution in [0.25, 0.3) is 22.3 Å². The van der Waals surface area contributed by atoms with Crippen LogP contribution in [0.3, 0.4) is 0 Å². The van der Waals surface area contributed by atoms with Gasteiger partial charge in [0.2, 0.25) is 0 Å². The third-order valence-corrected chi connectivity index (χ3v) is 5.05. The number of aromatic nitrogens is 6. The van der Waals surface area contributed by atoms with E-state index >= 15 is 0 Å². The molecule has 5 heterocycles. The largest absolute Gasteiger partial charge is 0.369 e. The Morgan fingerprint density at radius 1 is 1.00 bits per heavy atom. The molecule has 4 aromatic heterocycles. The first-order valence-electron chi connectivity index (χ1n) is 9.58. The minimum absolute atomic E-state index is 0.527. The van der Waals surface area contributed by atoms with Crippen molar-refractivity contribution in [1.82, 2.24) is 30.1 Å². The van der Waals surface area contributed by atoms with E-state index in [9.17, 15) is 0 Å². The van der Waals surface area contributed by atoms with Gasteiger partial charge < -0.3 is 10.2 Å². The molecule has 0 radical (unpaired) electrons. The van der Waals surface area contributed by atoms with Gasteiger partial charge in [-0.05, 0) is 43.3 Å². The van der Waals surface area contributed by atoms with Gasteiger partial charge in [0.15, 0.2) is 11.5 Å². The highest BCUT2D eigenvalue weighted by molar-refractivity contribution is 5.86. The Bertz CT molecular complexity index is 1120. The van der Waals surface area contributed by atoms with Crippen molar-refractivity contribution in [2.75, 3.05) is 29.9 Å². The van der Waals surface area contributed by atoms with Gasteiger partial charge in [0.25, 0.3) is 0 Å². The summed E-state index contributed by atoms with van der Waals surface area (Å²) in [5.41, 5.74) is 2.60. The van der Waals surface area contributed by atoms with Gasteiger partial charge in [-0.15, -0.1) is 10.2 Å². The number of anilines is 2. The lowest BCUT2D eigenvalue weighted by Crippen LogP contribution is -2.50. The van der Waals surface area contributed by atoms with Gasteiger partial charge in [-0.3, -0.25) is 4.98 Å². The normalized spacial score (nSPS) is 14.0. The molecule has 1 N–H and O–H groups in total. The molecule has 1 fully saturated rings. The Labute approximate surface area is 168 Å². The number of aryl methyl sites for hydroxylation is 1. The van der Waals surface area contributed by atoms with Gasteiger partial charge in [-0.2, -0.15) is 0 Å². The van der Waals surface area contributed by atoms with Gasteiger partial charge in [0.05, 0.1) is 11.1 Å². The first-order valence-corrected chi connectivity index (χ1v) is 9.58. The summed E-state index contributed by atoms with van der Waals surface area (Å²) in [7, 11) is 0. The van der Waals surface area contributed by atoms with E-state index in [-0.39, 0.29) is 0 Å². The number of nitrogens with zero attached hydrogens (tertiary/aromatic N) is 7. The molecule has 0 amide bonds. The molecule has 8 nitrogen and oxygen atoms in total. The fourth-order valence-corrected chi connectivity index (χ4v) is 3.50. The van der Waals surface area contributed by atoms with Gasteiger partial charge in [-0.1, -0.05) is 0 Å². The highest BCUT2D eigenvalue weighted by Crippen LogP contribution is 2.25. The fourth-order valence-electron chi connectivity index (χ4n) is 3.50. The zero-order valence-corrected chi connectivity index (χ0v) is 16.0. The molecule has 8 heteroatoms. The molecule has 5 rings (SSSR count). The minimum atomic E-state index is 0.527. The quantitative estimate of drug-likeness (QED) is 0.561. The van der Waals surface area contributed by atoms with Crippen molar-refractivity contribution >= 4 is 22.7 Å². The molecule has 1 saturated heterocycles.